The van der Waals surface area contributed by atoms with Crippen molar-refractivity contribution in [2.75, 3.05) is 0 Å². The number of halogens is 2. The van der Waals surface area contributed by atoms with Crippen LogP contribution < -0.4 is 0 Å². The Morgan fingerprint density at radius 2 is 0.846 bits per heavy atom. The van der Waals surface area contributed by atoms with E-state index in [-0.39, 0.29) is 31.1 Å². The maximum atomic E-state index is 11.7. The summed E-state index contributed by atoms with van der Waals surface area (Å²) in [5, 5.41) is 0. The summed E-state index contributed by atoms with van der Waals surface area (Å²) in [6.07, 6.45) is 0. The summed E-state index contributed by atoms with van der Waals surface area (Å²) in [6, 6.07) is 12.3. The minimum atomic E-state index is -0.157. The first-order valence-corrected chi connectivity index (χ1v) is 3.53. The number of hydrogen-bond acceptors (Lipinski definition) is 0. The average Bonchev–Trinajstić information content (AvgIpc) is 2.63. The maximum Gasteiger partial charge on any atom is 2.00 e. The molecule has 0 nitrogen and oxygen atoms in total. The van der Waals surface area contributed by atoms with Crippen molar-refractivity contribution < 1.29 is 28.3 Å². The molecule has 2 aromatic rings. The first-order chi connectivity index (χ1) is 5.79. The van der Waals surface area contributed by atoms with Gasteiger partial charge in [-0.25, -0.2) is 24.3 Å². The zero-order chi connectivity index (χ0) is 8.81. The zero-order valence-electron chi connectivity index (χ0n) is 6.73. The first-order valence-electron chi connectivity index (χ1n) is 3.53. The van der Waals surface area contributed by atoms with Crippen LogP contribution in [0.4, 0.5) is 8.78 Å². The summed E-state index contributed by atoms with van der Waals surface area (Å²) in [6.45, 7) is 0. The van der Waals surface area contributed by atoms with Gasteiger partial charge in [0.25, 0.3) is 0 Å². The smallest absolute Gasteiger partial charge is 0.284 e. The summed E-state index contributed by atoms with van der Waals surface area (Å²) < 4.78 is 23.3. The minimum absolute atomic E-state index is 0. The molecule has 0 radical (unpaired) electrons. The Hall–Kier alpha value is -0.817. The first kappa shape index (κ1) is 12.2. The second-order valence-electron chi connectivity index (χ2n) is 2.21. The molecule has 0 spiro atoms. The molecule has 13 heavy (non-hydrogen) atoms. The van der Waals surface area contributed by atoms with Crippen LogP contribution in [0.15, 0.2) is 48.5 Å². The normalized spacial score (nSPS) is 8.15. The number of hydrogen-bond donors (Lipinski definition) is 0. The van der Waals surface area contributed by atoms with Crippen LogP contribution in [-0.2, 0) is 19.5 Å². The Balaban J connectivity index is 0.000000206. The van der Waals surface area contributed by atoms with Crippen LogP contribution in [0.25, 0.3) is 0 Å². The minimum Gasteiger partial charge on any atom is -0.284 e. The molecule has 0 aromatic heterocycles. The van der Waals surface area contributed by atoms with E-state index in [9.17, 15) is 8.78 Å². The van der Waals surface area contributed by atoms with Gasteiger partial charge in [-0.2, -0.15) is 0 Å². The van der Waals surface area contributed by atoms with Gasteiger partial charge < -0.3 is 0 Å². The van der Waals surface area contributed by atoms with Crippen molar-refractivity contribution in [2.45, 2.75) is 0 Å². The summed E-state index contributed by atoms with van der Waals surface area (Å²) in [7, 11) is 0. The molecule has 0 amide bonds. The van der Waals surface area contributed by atoms with Crippen molar-refractivity contribution in [3.63, 3.8) is 0 Å². The fraction of sp³-hybridized carbons (Fsp3) is 0. The van der Waals surface area contributed by atoms with Crippen LogP contribution in [0, 0.1) is 11.6 Å². The van der Waals surface area contributed by atoms with Crippen LogP contribution in [0.2, 0.25) is 0 Å². The molecule has 0 heterocycles. The molecule has 0 bridgehead atoms. The van der Waals surface area contributed by atoms with E-state index in [1.807, 2.05) is 0 Å². The van der Waals surface area contributed by atoms with E-state index in [0.29, 0.717) is 0 Å². The third-order valence-corrected chi connectivity index (χ3v) is 1.24. The molecule has 0 aliphatic carbocycles. The SMILES string of the molecule is F[c-]1cccc1.F[c-]1cccc1.[Ru+2]. The summed E-state index contributed by atoms with van der Waals surface area (Å²) in [4.78, 5) is 0. The molecular formula is C10H8F2Ru. The summed E-state index contributed by atoms with van der Waals surface area (Å²) in [5.41, 5.74) is 0. The van der Waals surface area contributed by atoms with E-state index in [2.05, 4.69) is 0 Å². The Kier molecular flexibility index (Phi) is 6.25. The molecule has 70 valence electrons. The van der Waals surface area contributed by atoms with E-state index in [4.69, 9.17) is 0 Å². The Morgan fingerprint density at radius 3 is 0.923 bits per heavy atom. The quantitative estimate of drug-likeness (QED) is 0.508. The molecule has 2 aromatic carbocycles. The fourth-order valence-corrected chi connectivity index (χ4v) is 0.701. The van der Waals surface area contributed by atoms with Crippen LogP contribution >= 0.6 is 0 Å². The van der Waals surface area contributed by atoms with E-state index >= 15 is 0 Å². The van der Waals surface area contributed by atoms with Crippen molar-refractivity contribution >= 4 is 0 Å². The molecule has 0 fully saturated rings. The summed E-state index contributed by atoms with van der Waals surface area (Å²) in [5.74, 6) is -0.315. The molecule has 3 heteroatoms. The predicted molar refractivity (Wildman–Crippen MR) is 44.0 cm³/mol. The predicted octanol–water partition coefficient (Wildman–Crippen LogP) is 3.09. The van der Waals surface area contributed by atoms with Crippen molar-refractivity contribution in [1.82, 2.24) is 0 Å². The number of rotatable bonds is 0. The molecule has 0 aliphatic heterocycles. The van der Waals surface area contributed by atoms with E-state index in [1.165, 1.54) is 24.3 Å². The largest absolute Gasteiger partial charge is 2.00 e. The zero-order valence-corrected chi connectivity index (χ0v) is 8.47. The van der Waals surface area contributed by atoms with Crippen LogP contribution in [0.3, 0.4) is 0 Å². The third-order valence-electron chi connectivity index (χ3n) is 1.24. The van der Waals surface area contributed by atoms with Crippen LogP contribution in [0.5, 0.6) is 0 Å². The van der Waals surface area contributed by atoms with Gasteiger partial charge in [-0.3, -0.25) is 8.78 Å². The van der Waals surface area contributed by atoms with Gasteiger partial charge in [-0.1, -0.05) is 0 Å². The van der Waals surface area contributed by atoms with E-state index < -0.39 is 0 Å². The standard InChI is InChI=1S/2C5H4F.Ru/c2*6-5-3-1-2-4-5;/h2*1-4H;/q2*-1;+2. The van der Waals surface area contributed by atoms with E-state index in [1.54, 1.807) is 24.3 Å². The van der Waals surface area contributed by atoms with Gasteiger partial charge in [0.15, 0.2) is 0 Å². The van der Waals surface area contributed by atoms with Crippen LogP contribution in [0.1, 0.15) is 0 Å². The Bertz CT molecular complexity index is 252. The van der Waals surface area contributed by atoms with Gasteiger partial charge in [0, 0.05) is 11.6 Å². The van der Waals surface area contributed by atoms with E-state index in [0.717, 1.165) is 0 Å². The summed E-state index contributed by atoms with van der Waals surface area (Å²) >= 11 is 0. The maximum absolute atomic E-state index is 11.7. The Labute approximate surface area is 88.7 Å². The average molecular weight is 267 g/mol. The van der Waals surface area contributed by atoms with Gasteiger partial charge in [0.1, 0.15) is 0 Å². The third kappa shape index (κ3) is 5.43. The molecule has 0 atom stereocenters. The second-order valence-corrected chi connectivity index (χ2v) is 2.21. The fourth-order valence-electron chi connectivity index (χ4n) is 0.701. The Morgan fingerprint density at radius 1 is 0.615 bits per heavy atom. The van der Waals surface area contributed by atoms with Crippen molar-refractivity contribution in [1.29, 1.82) is 0 Å². The van der Waals surface area contributed by atoms with Crippen molar-refractivity contribution in [2.24, 2.45) is 0 Å². The van der Waals surface area contributed by atoms with Gasteiger partial charge >= 0.3 is 19.5 Å². The molecule has 0 N–H and O–H groups in total. The molecule has 2 rings (SSSR count). The monoisotopic (exact) mass is 268 g/mol. The van der Waals surface area contributed by atoms with Crippen LogP contribution in [-0.4, -0.2) is 0 Å². The van der Waals surface area contributed by atoms with Gasteiger partial charge in [-0.15, -0.1) is 24.3 Å². The second kappa shape index (κ2) is 6.67. The van der Waals surface area contributed by atoms with Gasteiger partial charge in [0.05, 0.1) is 0 Å². The molecular weight excluding hydrogens is 259 g/mol. The molecule has 0 saturated heterocycles. The van der Waals surface area contributed by atoms with Crippen molar-refractivity contribution in [3.05, 3.63) is 60.2 Å². The van der Waals surface area contributed by atoms with Gasteiger partial charge in [0.2, 0.25) is 0 Å². The van der Waals surface area contributed by atoms with Crippen molar-refractivity contribution in [3.8, 4) is 0 Å². The molecule has 0 aliphatic rings. The molecule has 0 saturated carbocycles. The topological polar surface area (TPSA) is 0 Å². The van der Waals surface area contributed by atoms with Gasteiger partial charge in [-0.05, 0) is 0 Å². The molecule has 0 unspecified atom stereocenters.